The average molecular weight is 170 g/mol. The van der Waals surface area contributed by atoms with Crippen LogP contribution in [-0.2, 0) is 0 Å². The van der Waals surface area contributed by atoms with E-state index in [-0.39, 0.29) is 12.5 Å². The van der Waals surface area contributed by atoms with E-state index in [9.17, 15) is 5.11 Å². The van der Waals surface area contributed by atoms with Crippen LogP contribution in [0.4, 0.5) is 0 Å². The molecule has 0 fully saturated rings. The first-order valence-corrected chi connectivity index (χ1v) is 4.41. The summed E-state index contributed by atoms with van der Waals surface area (Å²) < 4.78 is 0. The molecule has 0 amide bonds. The summed E-state index contributed by atoms with van der Waals surface area (Å²) in [4.78, 5) is 0. The quantitative estimate of drug-likeness (QED) is 0.608. The van der Waals surface area contributed by atoms with Crippen molar-refractivity contribution in [3.63, 3.8) is 0 Å². The van der Waals surface area contributed by atoms with Gasteiger partial charge in [-0.15, -0.1) is 6.42 Å². The fourth-order valence-corrected chi connectivity index (χ4v) is 1.06. The molecule has 0 spiro atoms. The van der Waals surface area contributed by atoms with Gasteiger partial charge in [0.2, 0.25) is 0 Å². The van der Waals surface area contributed by atoms with E-state index >= 15 is 0 Å². The molecule has 0 aromatic heterocycles. The van der Waals surface area contributed by atoms with Crippen molar-refractivity contribution in [3.8, 4) is 12.3 Å². The Morgan fingerprint density at radius 1 is 1.58 bits per heavy atom. The Morgan fingerprint density at radius 2 is 2.17 bits per heavy atom. The molecule has 2 N–H and O–H groups in total. The van der Waals surface area contributed by atoms with Gasteiger partial charge in [-0.1, -0.05) is 26.2 Å². The van der Waals surface area contributed by atoms with Crippen LogP contribution in [0, 0.1) is 18.3 Å². The highest BCUT2D eigenvalue weighted by molar-refractivity contribution is 5.09. The zero-order valence-corrected chi connectivity index (χ0v) is 7.88. The number of aliphatic hydroxyl groups excluding tert-OH is 1. The van der Waals surface area contributed by atoms with Gasteiger partial charge < -0.3 is 10.2 Å². The molecule has 0 aliphatic rings. The van der Waals surface area contributed by atoms with E-state index in [1.54, 1.807) is 6.92 Å². The van der Waals surface area contributed by atoms with E-state index in [4.69, 9.17) is 11.5 Å². The van der Waals surface area contributed by atoms with Crippen LogP contribution < -0.4 is 0 Å². The van der Waals surface area contributed by atoms with E-state index in [0.29, 0.717) is 6.42 Å². The van der Waals surface area contributed by atoms with Gasteiger partial charge in [0, 0.05) is 12.5 Å². The van der Waals surface area contributed by atoms with E-state index in [2.05, 4.69) is 5.92 Å². The minimum Gasteiger partial charge on any atom is -0.396 e. The van der Waals surface area contributed by atoms with Crippen molar-refractivity contribution >= 4 is 0 Å². The highest BCUT2D eigenvalue weighted by Gasteiger charge is 2.29. The number of terminal acetylenes is 1. The van der Waals surface area contributed by atoms with Gasteiger partial charge in [-0.25, -0.2) is 0 Å². The SMILES string of the molecule is C#CC(O)(CCCC)C(C)CO. The highest BCUT2D eigenvalue weighted by atomic mass is 16.3. The molecule has 70 valence electrons. The fourth-order valence-electron chi connectivity index (χ4n) is 1.06. The Morgan fingerprint density at radius 3 is 2.50 bits per heavy atom. The van der Waals surface area contributed by atoms with E-state index in [0.717, 1.165) is 12.8 Å². The Bertz CT molecular complexity index is 160. The third kappa shape index (κ3) is 2.84. The van der Waals surface area contributed by atoms with Gasteiger partial charge in [0.25, 0.3) is 0 Å². The summed E-state index contributed by atoms with van der Waals surface area (Å²) >= 11 is 0. The fraction of sp³-hybridized carbons (Fsp3) is 0.800. The molecule has 0 rings (SSSR count). The first-order chi connectivity index (χ1) is 5.60. The summed E-state index contributed by atoms with van der Waals surface area (Å²) in [6.45, 7) is 3.74. The average Bonchev–Trinajstić information content (AvgIpc) is 2.12. The lowest BCUT2D eigenvalue weighted by Crippen LogP contribution is -2.36. The number of hydrogen-bond donors (Lipinski definition) is 2. The Hall–Kier alpha value is -0.520. The number of aliphatic hydroxyl groups is 2. The summed E-state index contributed by atoms with van der Waals surface area (Å²) in [6, 6.07) is 0. The summed E-state index contributed by atoms with van der Waals surface area (Å²) in [5.41, 5.74) is -1.12. The zero-order chi connectivity index (χ0) is 9.61. The molecule has 2 nitrogen and oxygen atoms in total. The zero-order valence-electron chi connectivity index (χ0n) is 7.88. The Balaban J connectivity index is 4.16. The van der Waals surface area contributed by atoms with Crippen molar-refractivity contribution < 1.29 is 10.2 Å². The first kappa shape index (κ1) is 11.5. The van der Waals surface area contributed by atoms with E-state index < -0.39 is 5.60 Å². The molecule has 0 heterocycles. The number of rotatable bonds is 5. The predicted octanol–water partition coefficient (Wildman–Crippen LogP) is 1.17. The third-order valence-electron chi connectivity index (χ3n) is 2.25. The van der Waals surface area contributed by atoms with Gasteiger partial charge in [0.1, 0.15) is 5.60 Å². The Labute approximate surface area is 74.6 Å². The topological polar surface area (TPSA) is 40.5 Å². The van der Waals surface area contributed by atoms with Crippen LogP contribution in [0.1, 0.15) is 33.1 Å². The second-order valence-corrected chi connectivity index (χ2v) is 3.26. The summed E-state index contributed by atoms with van der Waals surface area (Å²) in [7, 11) is 0. The molecule has 2 heteroatoms. The monoisotopic (exact) mass is 170 g/mol. The lowest BCUT2D eigenvalue weighted by Gasteiger charge is -2.27. The molecule has 2 atom stereocenters. The van der Waals surface area contributed by atoms with Crippen LogP contribution in [0.25, 0.3) is 0 Å². The van der Waals surface area contributed by atoms with Crippen LogP contribution in [0.3, 0.4) is 0 Å². The summed E-state index contributed by atoms with van der Waals surface area (Å²) in [6.07, 6.45) is 7.68. The maximum Gasteiger partial charge on any atom is 0.129 e. The van der Waals surface area contributed by atoms with Gasteiger partial charge in [-0.2, -0.15) is 0 Å². The van der Waals surface area contributed by atoms with Crippen LogP contribution in [0.5, 0.6) is 0 Å². The standard InChI is InChI=1S/C10H18O2/c1-4-6-7-10(12,5-2)9(3)8-11/h2,9,11-12H,4,6-8H2,1,3H3. The summed E-state index contributed by atoms with van der Waals surface area (Å²) in [5, 5.41) is 18.7. The molecule has 12 heavy (non-hydrogen) atoms. The number of hydrogen-bond acceptors (Lipinski definition) is 2. The van der Waals surface area contributed by atoms with Crippen molar-refractivity contribution in [2.45, 2.75) is 38.7 Å². The van der Waals surface area contributed by atoms with Gasteiger partial charge in [0.05, 0.1) is 0 Å². The molecule has 0 aromatic rings. The maximum absolute atomic E-state index is 9.82. The molecular formula is C10H18O2. The maximum atomic E-state index is 9.82. The summed E-state index contributed by atoms with van der Waals surface area (Å²) in [5.74, 6) is 2.12. The van der Waals surface area contributed by atoms with Crippen LogP contribution in [-0.4, -0.2) is 22.4 Å². The molecular weight excluding hydrogens is 152 g/mol. The smallest absolute Gasteiger partial charge is 0.129 e. The highest BCUT2D eigenvalue weighted by Crippen LogP contribution is 2.22. The van der Waals surface area contributed by atoms with Crippen molar-refractivity contribution in [2.24, 2.45) is 5.92 Å². The third-order valence-corrected chi connectivity index (χ3v) is 2.25. The molecule has 0 saturated carbocycles. The van der Waals surface area contributed by atoms with Gasteiger partial charge in [-0.05, 0) is 12.8 Å². The normalized spacial score (nSPS) is 17.9. The van der Waals surface area contributed by atoms with Crippen molar-refractivity contribution in [1.82, 2.24) is 0 Å². The van der Waals surface area contributed by atoms with Crippen LogP contribution >= 0.6 is 0 Å². The van der Waals surface area contributed by atoms with Gasteiger partial charge in [-0.3, -0.25) is 0 Å². The molecule has 0 radical (unpaired) electrons. The molecule has 0 aliphatic carbocycles. The molecule has 0 aromatic carbocycles. The first-order valence-electron chi connectivity index (χ1n) is 4.41. The van der Waals surface area contributed by atoms with E-state index in [1.807, 2.05) is 6.92 Å². The molecule has 0 bridgehead atoms. The van der Waals surface area contributed by atoms with Crippen molar-refractivity contribution in [3.05, 3.63) is 0 Å². The largest absolute Gasteiger partial charge is 0.396 e. The Kier molecular flexibility index (Phi) is 4.96. The minimum absolute atomic E-state index is 0.0651. The van der Waals surface area contributed by atoms with Crippen molar-refractivity contribution in [1.29, 1.82) is 0 Å². The lowest BCUT2D eigenvalue weighted by atomic mass is 9.85. The molecule has 0 aliphatic heterocycles. The second-order valence-electron chi connectivity index (χ2n) is 3.26. The molecule has 2 unspecified atom stereocenters. The number of unbranched alkanes of at least 4 members (excludes halogenated alkanes) is 1. The van der Waals surface area contributed by atoms with Crippen molar-refractivity contribution in [2.75, 3.05) is 6.61 Å². The predicted molar refractivity (Wildman–Crippen MR) is 49.6 cm³/mol. The van der Waals surface area contributed by atoms with Crippen LogP contribution in [0.2, 0.25) is 0 Å². The molecule has 0 saturated heterocycles. The van der Waals surface area contributed by atoms with Gasteiger partial charge in [0.15, 0.2) is 0 Å². The second kappa shape index (κ2) is 5.18. The van der Waals surface area contributed by atoms with E-state index in [1.165, 1.54) is 0 Å². The minimum atomic E-state index is -1.12. The lowest BCUT2D eigenvalue weighted by molar-refractivity contribution is 0.00959. The van der Waals surface area contributed by atoms with Gasteiger partial charge >= 0.3 is 0 Å². The van der Waals surface area contributed by atoms with Crippen LogP contribution in [0.15, 0.2) is 0 Å².